The van der Waals surface area contributed by atoms with Crippen molar-refractivity contribution in [2.24, 2.45) is 0 Å². The van der Waals surface area contributed by atoms with Crippen LogP contribution in [-0.4, -0.2) is 61.9 Å². The van der Waals surface area contributed by atoms with E-state index in [-0.39, 0.29) is 19.0 Å². The van der Waals surface area contributed by atoms with Crippen molar-refractivity contribution in [3.8, 4) is 0 Å². The zero-order valence-corrected chi connectivity index (χ0v) is 22.5. The summed E-state index contributed by atoms with van der Waals surface area (Å²) in [5, 5.41) is 11.9. The van der Waals surface area contributed by atoms with Gasteiger partial charge in [-0.2, -0.15) is 17.4 Å². The molecule has 0 aliphatic carbocycles. The fraction of sp³-hybridized carbons (Fsp3) is 0.241. The Morgan fingerprint density at radius 2 is 1.56 bits per heavy atom. The maximum Gasteiger partial charge on any atom is 0.321 e. The summed E-state index contributed by atoms with van der Waals surface area (Å²) in [5.41, 5.74) is 4.52. The molecule has 4 rings (SSSR count). The highest BCUT2D eigenvalue weighted by molar-refractivity contribution is 7.87. The lowest BCUT2D eigenvalue weighted by atomic mass is 10.1. The maximum absolute atomic E-state index is 12.6. The lowest BCUT2D eigenvalue weighted by Gasteiger charge is -2.35. The molecule has 0 spiro atoms. The molecule has 0 saturated carbocycles. The van der Waals surface area contributed by atoms with E-state index in [0.717, 1.165) is 22.4 Å². The molecule has 1 saturated heterocycles. The molecule has 39 heavy (non-hydrogen) atoms. The smallest absolute Gasteiger partial charge is 0.321 e. The summed E-state index contributed by atoms with van der Waals surface area (Å²) in [7, 11) is -3.86. The maximum atomic E-state index is 12.6. The van der Waals surface area contributed by atoms with Crippen LogP contribution in [0.5, 0.6) is 0 Å². The van der Waals surface area contributed by atoms with Crippen molar-refractivity contribution < 1.29 is 23.1 Å². The van der Waals surface area contributed by atoms with E-state index in [4.69, 9.17) is 5.11 Å². The van der Waals surface area contributed by atoms with Crippen LogP contribution in [0, 0.1) is 0 Å². The Balaban J connectivity index is 1.31. The molecule has 10 heteroatoms. The van der Waals surface area contributed by atoms with Gasteiger partial charge in [0.25, 0.3) is 16.1 Å². The molecule has 1 heterocycles. The highest BCUT2D eigenvalue weighted by atomic mass is 32.2. The predicted molar refractivity (Wildman–Crippen MR) is 152 cm³/mol. The first kappa shape index (κ1) is 28.0. The summed E-state index contributed by atoms with van der Waals surface area (Å²) >= 11 is 0. The molecule has 9 nitrogen and oxygen atoms in total. The molecule has 0 aromatic heterocycles. The number of rotatable bonds is 10. The molecule has 1 aliphatic heterocycles. The van der Waals surface area contributed by atoms with Gasteiger partial charge in [-0.1, -0.05) is 66.7 Å². The molecule has 1 amide bonds. The van der Waals surface area contributed by atoms with Gasteiger partial charge >= 0.3 is 5.97 Å². The first-order chi connectivity index (χ1) is 18.7. The summed E-state index contributed by atoms with van der Waals surface area (Å²) in [6.07, 6.45) is 3.93. The number of nitrogens with zero attached hydrogens (tertiary/aromatic N) is 2. The first-order valence-electron chi connectivity index (χ1n) is 12.7. The minimum Gasteiger partial charge on any atom is -0.480 e. The molecule has 1 fully saturated rings. The number of anilines is 1. The van der Waals surface area contributed by atoms with E-state index in [9.17, 15) is 18.0 Å². The van der Waals surface area contributed by atoms with Crippen LogP contribution in [0.3, 0.4) is 0 Å². The number of nitrogens with one attached hydrogen (secondary N) is 2. The third-order valence-corrected chi connectivity index (χ3v) is 8.14. The van der Waals surface area contributed by atoms with E-state index in [2.05, 4.69) is 14.9 Å². The van der Waals surface area contributed by atoms with E-state index in [0.29, 0.717) is 25.2 Å². The zero-order valence-electron chi connectivity index (χ0n) is 21.7. The molecule has 0 unspecified atom stereocenters. The van der Waals surface area contributed by atoms with Gasteiger partial charge in [-0.05, 0) is 47.9 Å². The van der Waals surface area contributed by atoms with Gasteiger partial charge in [0.15, 0.2) is 0 Å². The topological polar surface area (TPSA) is 119 Å². The van der Waals surface area contributed by atoms with Crippen LogP contribution in [0.4, 0.5) is 5.69 Å². The summed E-state index contributed by atoms with van der Waals surface area (Å²) in [6, 6.07) is 24.0. The van der Waals surface area contributed by atoms with Crippen LogP contribution in [0.2, 0.25) is 0 Å². The van der Waals surface area contributed by atoms with Gasteiger partial charge in [-0.15, -0.1) is 0 Å². The minimum absolute atomic E-state index is 0.126. The standard InChI is InChI=1S/C29H32N4O5S/c1-22(29(35)36)31-39(37,38)33-18-16-32(17-19-33)27-14-12-23(13-15-27)10-11-24-8-5-9-26(20-24)28(34)30-21-25-6-3-2-4-7-25/h2-15,20,22,31H,16-19,21H2,1H3,(H,30,34)(H,35,36)/b11-10+/t22-/m1/s1. The lowest BCUT2D eigenvalue weighted by Crippen LogP contribution is -2.54. The Morgan fingerprint density at radius 3 is 2.23 bits per heavy atom. The normalized spacial score (nSPS) is 15.3. The second-order valence-corrected chi connectivity index (χ2v) is 11.0. The highest BCUT2D eigenvalue weighted by Crippen LogP contribution is 2.20. The van der Waals surface area contributed by atoms with Gasteiger partial charge < -0.3 is 15.3 Å². The fourth-order valence-electron chi connectivity index (χ4n) is 4.19. The molecule has 3 N–H and O–H groups in total. The van der Waals surface area contributed by atoms with Crippen molar-refractivity contribution in [3.63, 3.8) is 0 Å². The number of amides is 1. The van der Waals surface area contributed by atoms with Crippen molar-refractivity contribution in [1.82, 2.24) is 14.3 Å². The molecule has 0 bridgehead atoms. The van der Waals surface area contributed by atoms with Crippen LogP contribution >= 0.6 is 0 Å². The number of carbonyl (C=O) groups excluding carboxylic acids is 1. The monoisotopic (exact) mass is 548 g/mol. The number of carbonyl (C=O) groups is 2. The molecular formula is C29H32N4O5S. The van der Waals surface area contributed by atoms with Crippen LogP contribution in [-0.2, 0) is 21.5 Å². The van der Waals surface area contributed by atoms with Crippen molar-refractivity contribution in [1.29, 1.82) is 0 Å². The third-order valence-electron chi connectivity index (χ3n) is 6.45. The quantitative estimate of drug-likeness (QED) is 0.335. The summed E-state index contributed by atoms with van der Waals surface area (Å²) in [5.74, 6) is -1.35. The highest BCUT2D eigenvalue weighted by Gasteiger charge is 2.29. The van der Waals surface area contributed by atoms with Gasteiger partial charge in [0.1, 0.15) is 6.04 Å². The van der Waals surface area contributed by atoms with Crippen LogP contribution in [0.25, 0.3) is 12.2 Å². The number of aliphatic carboxylic acids is 1. The zero-order chi connectivity index (χ0) is 27.8. The first-order valence-corrected chi connectivity index (χ1v) is 14.1. The second kappa shape index (κ2) is 12.7. The number of hydrogen-bond acceptors (Lipinski definition) is 5. The molecule has 3 aromatic carbocycles. The molecule has 204 valence electrons. The van der Waals surface area contributed by atoms with Crippen molar-refractivity contribution >= 4 is 39.9 Å². The Hall–Kier alpha value is -3.99. The number of piperazine rings is 1. The number of benzene rings is 3. The average molecular weight is 549 g/mol. The molecule has 1 atom stereocenters. The SMILES string of the molecule is C[C@@H](NS(=O)(=O)N1CCN(c2ccc(/C=C/c3cccc(C(=O)NCc4ccccc4)c3)cc2)CC1)C(=O)O. The largest absolute Gasteiger partial charge is 0.480 e. The van der Waals surface area contributed by atoms with Gasteiger partial charge in [-0.3, -0.25) is 9.59 Å². The van der Waals surface area contributed by atoms with Crippen molar-refractivity contribution in [2.45, 2.75) is 19.5 Å². The van der Waals surface area contributed by atoms with Crippen LogP contribution in [0.1, 0.15) is 34.0 Å². The van der Waals surface area contributed by atoms with E-state index < -0.39 is 22.2 Å². The van der Waals surface area contributed by atoms with Gasteiger partial charge in [0.2, 0.25) is 0 Å². The Kier molecular flexibility index (Phi) is 9.13. The predicted octanol–water partition coefficient (Wildman–Crippen LogP) is 3.22. The van der Waals surface area contributed by atoms with E-state index in [1.54, 1.807) is 6.07 Å². The van der Waals surface area contributed by atoms with Crippen molar-refractivity contribution in [3.05, 3.63) is 101 Å². The van der Waals surface area contributed by atoms with E-state index in [1.807, 2.05) is 84.9 Å². The number of carboxylic acids is 1. The molecule has 1 aliphatic rings. The second-order valence-electron chi connectivity index (χ2n) is 9.29. The molecule has 0 radical (unpaired) electrons. The summed E-state index contributed by atoms with van der Waals surface area (Å²) in [6.45, 7) is 3.29. The Labute approximate surface area is 228 Å². The average Bonchev–Trinajstić information content (AvgIpc) is 2.95. The molecular weight excluding hydrogens is 516 g/mol. The molecule has 3 aromatic rings. The number of carboxylic acid groups (broad SMARTS) is 1. The van der Waals surface area contributed by atoms with Crippen LogP contribution in [0.15, 0.2) is 78.9 Å². The van der Waals surface area contributed by atoms with Gasteiger partial charge in [-0.25, -0.2) is 0 Å². The summed E-state index contributed by atoms with van der Waals surface area (Å²) in [4.78, 5) is 25.7. The lowest BCUT2D eigenvalue weighted by molar-refractivity contribution is -0.138. The van der Waals surface area contributed by atoms with Crippen LogP contribution < -0.4 is 14.9 Å². The third kappa shape index (κ3) is 7.76. The van der Waals surface area contributed by atoms with Gasteiger partial charge in [0.05, 0.1) is 0 Å². The van der Waals surface area contributed by atoms with E-state index >= 15 is 0 Å². The van der Waals surface area contributed by atoms with Crippen molar-refractivity contribution in [2.75, 3.05) is 31.1 Å². The summed E-state index contributed by atoms with van der Waals surface area (Å²) < 4.78 is 28.3. The Morgan fingerprint density at radius 1 is 0.897 bits per heavy atom. The Bertz CT molecular complexity index is 1420. The fourth-order valence-corrected chi connectivity index (χ4v) is 5.53. The van der Waals surface area contributed by atoms with Gasteiger partial charge in [0, 0.05) is 44.0 Å². The minimum atomic E-state index is -3.86. The van der Waals surface area contributed by atoms with E-state index in [1.165, 1.54) is 11.2 Å². The number of hydrogen-bond donors (Lipinski definition) is 3.